The lowest BCUT2D eigenvalue weighted by Gasteiger charge is -2.40. The second-order valence-electron chi connectivity index (χ2n) is 19.0. The number of benzene rings is 3. The first-order valence-corrected chi connectivity index (χ1v) is 20.3. The molecule has 0 saturated heterocycles. The number of hydrogen-bond donors (Lipinski definition) is 6. The normalized spacial score (nSPS) is 17.4. The summed E-state index contributed by atoms with van der Waals surface area (Å²) in [7, 11) is 0. The van der Waals surface area contributed by atoms with E-state index in [-0.39, 0.29) is 43.5 Å². The van der Waals surface area contributed by atoms with Crippen LogP contribution in [0.5, 0.6) is 5.75 Å². The Labute approximate surface area is 395 Å². The van der Waals surface area contributed by atoms with Crippen molar-refractivity contribution in [3.63, 3.8) is 0 Å². The molecule has 6 N–H and O–H groups in total. The summed E-state index contributed by atoms with van der Waals surface area (Å²) >= 11 is 0. The van der Waals surface area contributed by atoms with E-state index in [4.69, 9.17) is 0 Å². The van der Waals surface area contributed by atoms with Crippen LogP contribution in [0.3, 0.4) is 0 Å². The van der Waals surface area contributed by atoms with Gasteiger partial charge in [-0.25, -0.2) is 0 Å². The van der Waals surface area contributed by atoms with Crippen LogP contribution < -0.4 is 0 Å². The monoisotopic (exact) mass is 1080 g/mol. The predicted octanol–water partition coefficient (Wildman–Crippen LogP) is 12.8. The van der Waals surface area contributed by atoms with Gasteiger partial charge in [0.2, 0.25) is 0 Å². The van der Waals surface area contributed by atoms with E-state index in [9.17, 15) is 123 Å². The highest BCUT2D eigenvalue weighted by molar-refractivity contribution is 5.75. The molecule has 0 aromatic heterocycles. The number of phenols is 1. The highest BCUT2D eigenvalue weighted by Crippen LogP contribution is 2.55. The fourth-order valence-corrected chi connectivity index (χ4v) is 8.03. The SMILES string of the molecule is Cc1cc(C(C)(C)c2c(C)cc(C(C)(C)c3cc(C)c(/C(=C/C(O)(C(F)(F)F)C(F)(F)F)CC(O)(C(F)(F)F)C(F)(F)F)c(C(C)(O)C(F)(F)F)c3)cc2C(C)(O)C(F)(F)F)cc(C(C)(O)C(F)(F)F)c1O. The van der Waals surface area contributed by atoms with Gasteiger partial charge in [-0.1, -0.05) is 58.0 Å². The molecule has 3 aromatic rings. The van der Waals surface area contributed by atoms with Gasteiger partial charge in [0.05, 0.1) is 0 Å². The van der Waals surface area contributed by atoms with Crippen LogP contribution >= 0.6 is 0 Å². The van der Waals surface area contributed by atoms with Crippen LogP contribution in [0.2, 0.25) is 0 Å². The van der Waals surface area contributed by atoms with Gasteiger partial charge in [0.25, 0.3) is 11.2 Å². The molecule has 3 atom stereocenters. The van der Waals surface area contributed by atoms with Crippen molar-refractivity contribution in [3.8, 4) is 5.75 Å². The molecule has 0 saturated carbocycles. The van der Waals surface area contributed by atoms with Crippen molar-refractivity contribution in [2.24, 2.45) is 0 Å². The van der Waals surface area contributed by atoms with Crippen molar-refractivity contribution in [1.29, 1.82) is 0 Å². The lowest BCUT2D eigenvalue weighted by Crippen LogP contribution is -2.58. The van der Waals surface area contributed by atoms with Crippen LogP contribution in [0, 0.1) is 20.8 Å². The van der Waals surface area contributed by atoms with Gasteiger partial charge in [0, 0.05) is 28.4 Å². The molecule has 3 unspecified atom stereocenters. The van der Waals surface area contributed by atoms with E-state index in [2.05, 4.69) is 0 Å². The minimum Gasteiger partial charge on any atom is -0.507 e. The standard InChI is InChI=1S/C45H45F21O6/c1-19-11-23(14-26(34(8,68)39(46,47)48)29(19)22(17-37(71,42(55,56)57)43(58,59)60)18-38(72,44(61,62)63)45(64,65)66)32(4,5)24-12-20(2)30(27(15-24)35(9,69)40(49,50)51)33(6,7)25-13-21(3)31(67)28(16-25)36(10,70)41(52,53)54/h11-17,67-72H,18H2,1-10H3/b22-17+. The molecule has 408 valence electrons. The van der Waals surface area contributed by atoms with E-state index in [0.29, 0.717) is 25.1 Å². The third kappa shape index (κ3) is 10.3. The zero-order valence-electron chi connectivity index (χ0n) is 38.9. The molecule has 0 aliphatic rings. The van der Waals surface area contributed by atoms with Gasteiger partial charge >= 0.3 is 43.2 Å². The van der Waals surface area contributed by atoms with Gasteiger partial charge in [0.1, 0.15) is 5.75 Å². The first-order valence-electron chi connectivity index (χ1n) is 20.3. The minimum atomic E-state index is -7.15. The summed E-state index contributed by atoms with van der Waals surface area (Å²) in [5, 5.41) is 63.5. The molecule has 0 spiro atoms. The molecule has 72 heavy (non-hydrogen) atoms. The molecule has 0 radical (unpaired) electrons. The Morgan fingerprint density at radius 3 is 1.10 bits per heavy atom. The lowest BCUT2D eigenvalue weighted by atomic mass is 9.67. The summed E-state index contributed by atoms with van der Waals surface area (Å²) in [5.74, 6) is -1.09. The third-order valence-corrected chi connectivity index (χ3v) is 12.9. The van der Waals surface area contributed by atoms with E-state index >= 15 is 0 Å². The van der Waals surface area contributed by atoms with Crippen molar-refractivity contribution in [2.75, 3.05) is 0 Å². The number of halogens is 21. The summed E-state index contributed by atoms with van der Waals surface area (Å²) < 4.78 is 300. The van der Waals surface area contributed by atoms with Crippen LogP contribution in [-0.2, 0) is 27.6 Å². The largest absolute Gasteiger partial charge is 0.507 e. The van der Waals surface area contributed by atoms with Crippen molar-refractivity contribution in [3.05, 3.63) is 104 Å². The van der Waals surface area contributed by atoms with Crippen molar-refractivity contribution >= 4 is 5.57 Å². The van der Waals surface area contributed by atoms with E-state index in [1.165, 1.54) is 0 Å². The molecule has 0 bridgehead atoms. The summed E-state index contributed by atoms with van der Waals surface area (Å²) in [6.07, 6.45) is -51.2. The Morgan fingerprint density at radius 1 is 0.403 bits per heavy atom. The van der Waals surface area contributed by atoms with Crippen LogP contribution in [0.15, 0.2) is 42.5 Å². The Hall–Kier alpha value is -4.47. The Kier molecular flexibility index (Phi) is 15.3. The molecule has 27 heteroatoms. The molecule has 3 rings (SSSR count). The van der Waals surface area contributed by atoms with Crippen LogP contribution in [0.4, 0.5) is 92.2 Å². The van der Waals surface area contributed by atoms with E-state index in [1.807, 2.05) is 0 Å². The quantitative estimate of drug-likeness (QED) is 0.106. The van der Waals surface area contributed by atoms with Gasteiger partial charge in [-0.2, -0.15) is 92.2 Å². The van der Waals surface area contributed by atoms with Gasteiger partial charge in [0.15, 0.2) is 16.8 Å². The number of phenolic OH excluding ortho intramolecular Hbond substituents is 1. The van der Waals surface area contributed by atoms with E-state index < -0.39 is 150 Å². The molecule has 0 amide bonds. The van der Waals surface area contributed by atoms with Crippen LogP contribution in [0.25, 0.3) is 5.57 Å². The van der Waals surface area contributed by atoms with Crippen molar-refractivity contribution < 1.29 is 123 Å². The Balaban J connectivity index is 2.72. The second-order valence-corrected chi connectivity index (χ2v) is 19.0. The van der Waals surface area contributed by atoms with Crippen LogP contribution in [-0.4, -0.2) is 85.1 Å². The first-order chi connectivity index (χ1) is 31.3. The summed E-state index contributed by atoms with van der Waals surface area (Å²) in [5.41, 5.74) is -43.3. The van der Waals surface area contributed by atoms with E-state index in [1.54, 1.807) is 0 Å². The number of aryl methyl sites for hydroxylation is 3. The minimum absolute atomic E-state index is 0.00613. The van der Waals surface area contributed by atoms with Gasteiger partial charge in [-0.05, 0) is 109 Å². The van der Waals surface area contributed by atoms with Crippen molar-refractivity contribution in [1.82, 2.24) is 0 Å². The molecule has 0 aliphatic carbocycles. The average Bonchev–Trinajstić information content (AvgIpc) is 3.14. The molecule has 0 aliphatic heterocycles. The maximum Gasteiger partial charge on any atom is 0.430 e. The second kappa shape index (κ2) is 17.8. The summed E-state index contributed by atoms with van der Waals surface area (Å²) in [6.45, 7) is 6.80. The first kappa shape index (κ1) is 61.8. The molecule has 0 heterocycles. The zero-order chi connectivity index (χ0) is 57.2. The number of rotatable bonds is 11. The third-order valence-electron chi connectivity index (χ3n) is 12.9. The van der Waals surface area contributed by atoms with Crippen molar-refractivity contribution in [2.45, 2.75) is 158 Å². The number of hydrogen-bond acceptors (Lipinski definition) is 6. The summed E-state index contributed by atoms with van der Waals surface area (Å²) in [6, 6.07) is 3.59. The molecular formula is C45H45F21O6. The molecule has 6 nitrogen and oxygen atoms in total. The fraction of sp³-hybridized carbons (Fsp3) is 0.556. The number of aromatic hydroxyl groups is 1. The van der Waals surface area contributed by atoms with Gasteiger partial charge < -0.3 is 30.6 Å². The average molecular weight is 1080 g/mol. The smallest absolute Gasteiger partial charge is 0.430 e. The van der Waals surface area contributed by atoms with Gasteiger partial charge in [-0.3, -0.25) is 0 Å². The number of aliphatic hydroxyl groups is 5. The molecular weight excluding hydrogens is 1040 g/mol. The van der Waals surface area contributed by atoms with E-state index in [0.717, 1.165) is 53.7 Å². The zero-order valence-corrected chi connectivity index (χ0v) is 38.9. The van der Waals surface area contributed by atoms with Gasteiger partial charge in [-0.15, -0.1) is 0 Å². The Morgan fingerprint density at radius 2 is 0.722 bits per heavy atom. The molecule has 0 fully saturated rings. The maximum absolute atomic E-state index is 14.9. The Bertz CT molecular complexity index is 2540. The lowest BCUT2D eigenvalue weighted by molar-refractivity contribution is -0.366. The predicted molar refractivity (Wildman–Crippen MR) is 213 cm³/mol. The highest BCUT2D eigenvalue weighted by Gasteiger charge is 2.73. The fourth-order valence-electron chi connectivity index (χ4n) is 8.03. The topological polar surface area (TPSA) is 121 Å². The molecule has 3 aromatic carbocycles. The number of alkyl halides is 21. The van der Waals surface area contributed by atoms with Crippen LogP contribution in [0.1, 0.15) is 116 Å². The maximum atomic E-state index is 14.9. The highest BCUT2D eigenvalue weighted by atomic mass is 19.4. The summed E-state index contributed by atoms with van der Waals surface area (Å²) in [4.78, 5) is 0.